The van der Waals surface area contributed by atoms with Gasteiger partial charge in [0.25, 0.3) is 5.56 Å². The first-order valence-electron chi connectivity index (χ1n) is 7.57. The number of nitrogens with zero attached hydrogens (tertiary/aromatic N) is 2. The van der Waals surface area contributed by atoms with Crippen LogP contribution in [0.1, 0.15) is 23.1 Å². The molecule has 0 aliphatic rings. The van der Waals surface area contributed by atoms with Crippen LogP contribution in [-0.2, 0) is 6.42 Å². The van der Waals surface area contributed by atoms with Gasteiger partial charge < -0.3 is 0 Å². The van der Waals surface area contributed by atoms with Gasteiger partial charge in [0, 0.05) is 29.2 Å². The highest BCUT2D eigenvalue weighted by molar-refractivity contribution is 7.09. The van der Waals surface area contributed by atoms with Crippen LogP contribution in [0, 0.1) is 6.92 Å². The highest BCUT2D eigenvalue weighted by Gasteiger charge is 2.14. The van der Waals surface area contributed by atoms with Crippen molar-refractivity contribution in [3.63, 3.8) is 0 Å². The lowest BCUT2D eigenvalue weighted by atomic mass is 10.2. The van der Waals surface area contributed by atoms with Gasteiger partial charge in [0.2, 0.25) is 0 Å². The molecule has 118 valence electrons. The van der Waals surface area contributed by atoms with Crippen LogP contribution in [0.3, 0.4) is 0 Å². The minimum atomic E-state index is -0.0499. The van der Waals surface area contributed by atoms with Crippen molar-refractivity contribution in [1.82, 2.24) is 9.78 Å². The Labute approximate surface area is 139 Å². The van der Waals surface area contributed by atoms with Gasteiger partial charge in [0.05, 0.1) is 11.3 Å². The summed E-state index contributed by atoms with van der Waals surface area (Å²) in [5.41, 5.74) is 3.08. The Morgan fingerprint density at radius 1 is 1.22 bits per heavy atom. The standard InChI is InChI=1S/C18H19N3OS/c1-13(19-11-10-16-9-6-12-23-16)17-14(2)20-21(18(17)22)15-7-4-3-5-8-15/h3-9,12,20H,10-11H2,1-2H3. The van der Waals surface area contributed by atoms with Crippen LogP contribution in [-0.4, -0.2) is 22.0 Å². The smallest absolute Gasteiger partial charge is 0.280 e. The van der Waals surface area contributed by atoms with E-state index in [2.05, 4.69) is 21.5 Å². The number of hydrogen-bond donors (Lipinski definition) is 1. The van der Waals surface area contributed by atoms with Crippen LogP contribution in [0.4, 0.5) is 0 Å². The van der Waals surface area contributed by atoms with Crippen molar-refractivity contribution in [2.45, 2.75) is 20.3 Å². The largest absolute Gasteiger partial charge is 0.295 e. The summed E-state index contributed by atoms with van der Waals surface area (Å²) in [4.78, 5) is 18.6. The van der Waals surface area contributed by atoms with Gasteiger partial charge in [0.1, 0.15) is 0 Å². The number of para-hydroxylation sites is 1. The average Bonchev–Trinajstić information content (AvgIpc) is 3.16. The zero-order chi connectivity index (χ0) is 16.2. The summed E-state index contributed by atoms with van der Waals surface area (Å²) in [6, 6.07) is 13.7. The summed E-state index contributed by atoms with van der Waals surface area (Å²) >= 11 is 1.74. The minimum absolute atomic E-state index is 0.0499. The second-order valence-electron chi connectivity index (χ2n) is 5.38. The molecule has 1 N–H and O–H groups in total. The molecule has 0 atom stereocenters. The molecule has 0 spiro atoms. The Hall–Kier alpha value is -2.40. The van der Waals surface area contributed by atoms with Crippen LogP contribution in [0.15, 0.2) is 57.6 Å². The first kappa shape index (κ1) is 15.5. The van der Waals surface area contributed by atoms with E-state index in [-0.39, 0.29) is 5.56 Å². The molecule has 2 heterocycles. The molecule has 0 unspecified atom stereocenters. The van der Waals surface area contributed by atoms with Crippen molar-refractivity contribution in [2.24, 2.45) is 4.99 Å². The molecule has 0 fully saturated rings. The maximum atomic E-state index is 12.7. The molecule has 1 aromatic carbocycles. The molecule has 0 aliphatic heterocycles. The summed E-state index contributed by atoms with van der Waals surface area (Å²) in [6.07, 6.45) is 0.908. The summed E-state index contributed by atoms with van der Waals surface area (Å²) < 4.78 is 1.57. The van der Waals surface area contributed by atoms with Gasteiger partial charge in [-0.3, -0.25) is 14.9 Å². The number of rotatable bonds is 5. The normalized spacial score (nSPS) is 11.8. The number of H-pyrrole nitrogens is 1. The van der Waals surface area contributed by atoms with E-state index in [4.69, 9.17) is 0 Å². The average molecular weight is 325 g/mol. The van der Waals surface area contributed by atoms with Crippen molar-refractivity contribution >= 4 is 17.0 Å². The van der Waals surface area contributed by atoms with E-state index in [1.54, 1.807) is 16.0 Å². The molecule has 3 rings (SSSR count). The van der Waals surface area contributed by atoms with Gasteiger partial charge in [-0.1, -0.05) is 24.3 Å². The third-order valence-electron chi connectivity index (χ3n) is 3.73. The number of benzene rings is 1. The maximum absolute atomic E-state index is 12.7. The first-order chi connectivity index (χ1) is 11.2. The van der Waals surface area contributed by atoms with Gasteiger partial charge in [0.15, 0.2) is 0 Å². The number of aromatic nitrogens is 2. The molecular formula is C18H19N3OS. The Morgan fingerprint density at radius 3 is 2.70 bits per heavy atom. The zero-order valence-electron chi connectivity index (χ0n) is 13.2. The first-order valence-corrected chi connectivity index (χ1v) is 8.45. The number of thiophene rings is 1. The lowest BCUT2D eigenvalue weighted by Crippen LogP contribution is -2.19. The van der Waals surface area contributed by atoms with E-state index in [1.807, 2.05) is 50.2 Å². The van der Waals surface area contributed by atoms with Gasteiger partial charge in [-0.25, -0.2) is 4.68 Å². The van der Waals surface area contributed by atoms with Gasteiger partial charge in [-0.2, -0.15) is 0 Å². The van der Waals surface area contributed by atoms with Crippen LogP contribution >= 0.6 is 11.3 Å². The summed E-state index contributed by atoms with van der Waals surface area (Å²) in [5.74, 6) is 0. The third-order valence-corrected chi connectivity index (χ3v) is 4.67. The molecule has 0 amide bonds. The fourth-order valence-corrected chi connectivity index (χ4v) is 3.30. The quantitative estimate of drug-likeness (QED) is 0.716. The van der Waals surface area contributed by atoms with Gasteiger partial charge in [-0.15, -0.1) is 11.3 Å². The van der Waals surface area contributed by atoms with Crippen molar-refractivity contribution in [1.29, 1.82) is 0 Å². The number of hydrogen-bond acceptors (Lipinski definition) is 3. The third kappa shape index (κ3) is 3.35. The Balaban J connectivity index is 1.85. The number of aryl methyl sites for hydroxylation is 1. The number of aliphatic imine (C=N–C) groups is 1. The molecular weight excluding hydrogens is 306 g/mol. The van der Waals surface area contributed by atoms with Crippen LogP contribution in [0.2, 0.25) is 0 Å². The fourth-order valence-electron chi connectivity index (χ4n) is 2.60. The zero-order valence-corrected chi connectivity index (χ0v) is 14.1. The Bertz CT molecular complexity index is 858. The SMILES string of the molecule is CC(=NCCc1cccs1)c1c(C)[nH]n(-c2ccccc2)c1=O. The van der Waals surface area contributed by atoms with Crippen LogP contribution in [0.5, 0.6) is 0 Å². The van der Waals surface area contributed by atoms with E-state index < -0.39 is 0 Å². The predicted molar refractivity (Wildman–Crippen MR) is 96.2 cm³/mol. The number of aromatic amines is 1. The molecule has 2 aromatic heterocycles. The minimum Gasteiger partial charge on any atom is -0.295 e. The monoisotopic (exact) mass is 325 g/mol. The van der Waals surface area contributed by atoms with E-state index in [9.17, 15) is 4.79 Å². The fraction of sp³-hybridized carbons (Fsp3) is 0.222. The number of nitrogens with one attached hydrogen (secondary N) is 1. The second-order valence-corrected chi connectivity index (χ2v) is 6.42. The highest BCUT2D eigenvalue weighted by atomic mass is 32.1. The lowest BCUT2D eigenvalue weighted by molar-refractivity contribution is 0.835. The molecule has 0 saturated carbocycles. The second kappa shape index (κ2) is 6.79. The Kier molecular flexibility index (Phi) is 4.57. The van der Waals surface area contributed by atoms with Crippen molar-refractivity contribution < 1.29 is 0 Å². The molecule has 0 bridgehead atoms. The molecule has 3 aromatic rings. The molecule has 23 heavy (non-hydrogen) atoms. The van der Waals surface area contributed by atoms with Crippen molar-refractivity contribution in [2.75, 3.05) is 6.54 Å². The van der Waals surface area contributed by atoms with E-state index in [1.165, 1.54) is 4.88 Å². The summed E-state index contributed by atoms with van der Waals surface area (Å²) in [7, 11) is 0. The molecule has 4 nitrogen and oxygen atoms in total. The van der Waals surface area contributed by atoms with E-state index >= 15 is 0 Å². The van der Waals surface area contributed by atoms with Gasteiger partial charge in [-0.05, 0) is 37.4 Å². The van der Waals surface area contributed by atoms with E-state index in [0.717, 1.165) is 23.5 Å². The molecule has 0 saturated heterocycles. The van der Waals surface area contributed by atoms with Crippen LogP contribution in [0.25, 0.3) is 5.69 Å². The highest BCUT2D eigenvalue weighted by Crippen LogP contribution is 2.10. The molecule has 0 radical (unpaired) electrons. The van der Waals surface area contributed by atoms with Crippen molar-refractivity contribution in [3.8, 4) is 5.69 Å². The molecule has 5 heteroatoms. The topological polar surface area (TPSA) is 50.1 Å². The van der Waals surface area contributed by atoms with Crippen LogP contribution < -0.4 is 5.56 Å². The van der Waals surface area contributed by atoms with Gasteiger partial charge >= 0.3 is 0 Å². The summed E-state index contributed by atoms with van der Waals surface area (Å²) in [5, 5.41) is 5.21. The maximum Gasteiger partial charge on any atom is 0.280 e. The van der Waals surface area contributed by atoms with Crippen molar-refractivity contribution in [3.05, 3.63) is 74.3 Å². The Morgan fingerprint density at radius 2 is 2.00 bits per heavy atom. The predicted octanol–water partition coefficient (Wildman–Crippen LogP) is 3.59. The van der Waals surface area contributed by atoms with E-state index in [0.29, 0.717) is 12.1 Å². The molecule has 0 aliphatic carbocycles. The lowest BCUT2D eigenvalue weighted by Gasteiger charge is -1.99. The summed E-state index contributed by atoms with van der Waals surface area (Å²) in [6.45, 7) is 4.51.